The van der Waals surface area contributed by atoms with Crippen LogP contribution in [0.5, 0.6) is 11.5 Å². The molecule has 4 aliphatic heterocycles. The summed E-state index contributed by atoms with van der Waals surface area (Å²) in [5.74, 6) is 1.11. The number of nitrogens with zero attached hydrogens (tertiary/aromatic N) is 12. The molecule has 4 amide bonds. The number of aliphatic hydroxyl groups is 1. The van der Waals surface area contributed by atoms with Gasteiger partial charge in [0.05, 0.1) is 40.5 Å². The van der Waals surface area contributed by atoms with Crippen molar-refractivity contribution in [2.75, 3.05) is 66.6 Å². The van der Waals surface area contributed by atoms with Crippen molar-refractivity contribution in [2.24, 2.45) is 17.2 Å². The summed E-state index contributed by atoms with van der Waals surface area (Å²) >= 11 is 6.34. The van der Waals surface area contributed by atoms with E-state index in [1.807, 2.05) is 136 Å². The van der Waals surface area contributed by atoms with Crippen molar-refractivity contribution in [3.05, 3.63) is 402 Å². The van der Waals surface area contributed by atoms with Crippen LogP contribution in [-0.2, 0) is 130 Å². The Morgan fingerprint density at radius 2 is 0.741 bits per heavy atom. The zero-order valence-electron chi connectivity index (χ0n) is 83.9. The fraction of sp³-hybridized carbons (Fsp3) is 0.277. The first kappa shape index (κ1) is 101. The van der Waals surface area contributed by atoms with E-state index in [-0.39, 0.29) is 30.2 Å². The third kappa shape index (κ3) is 23.1. The van der Waals surface area contributed by atoms with Crippen LogP contribution >= 0.6 is 11.6 Å². The second-order valence-electron chi connectivity index (χ2n) is 38.3. The van der Waals surface area contributed by atoms with Crippen LogP contribution in [0, 0.1) is 13.8 Å². The molecule has 13 aromatic carbocycles. The summed E-state index contributed by atoms with van der Waals surface area (Å²) in [5, 5.41) is 54.5. The number of rotatable bonds is 31. The van der Waals surface area contributed by atoms with E-state index in [1.165, 1.54) is 49.4 Å². The van der Waals surface area contributed by atoms with Crippen LogP contribution in [0.15, 0.2) is 273 Å². The predicted molar refractivity (Wildman–Crippen MR) is 582 cm³/mol. The number of aryl methyl sites for hydroxylation is 3. The maximum atomic E-state index is 13.6. The lowest BCUT2D eigenvalue weighted by molar-refractivity contribution is 0.0934. The second-order valence-corrected chi connectivity index (χ2v) is 38.7. The molecular formula is C119H127ClN20O7. The number of hydrogen-bond donors (Lipinski definition) is 9. The average Bonchev–Trinajstić information content (AvgIpc) is 1.66. The number of ether oxygens (including phenoxy) is 2. The Labute approximate surface area is 861 Å². The van der Waals surface area contributed by atoms with E-state index in [0.29, 0.717) is 114 Å². The molecule has 12 N–H and O–H groups in total. The molecule has 9 heterocycles. The highest BCUT2D eigenvalue weighted by atomic mass is 35.5. The highest BCUT2D eigenvalue weighted by Gasteiger charge is 2.35. The molecule has 752 valence electrons. The summed E-state index contributed by atoms with van der Waals surface area (Å²) in [6, 6.07) is 91.1. The van der Waals surface area contributed by atoms with Crippen molar-refractivity contribution in [3.8, 4) is 11.5 Å². The standard InChI is InChI=1S/C33H35N5O2.C30H31N5O3.C28H30ClN5O.C28H31N5O/c1-40-31-15-14-25(27-12-4-5-13-28(27)31)21-37-19-16-30-29(22-37)32(36-38(30)18-7-17-34)33(39)35-20-24-10-6-9-23-8-2-3-11-26(23)24;1-38-23-9-10-25-22(17-31-27(25)15-23)18-34-12-11-28-26(19-34)29(33-35(28)13-14-36)30(37)32-16-21-7-4-6-20-5-2-3-8-24(20)21;1-19-9-10-20(15-25(19)29)17-33-13-11-26-24(18-33)27(32-34(26)14-12-30)28(35)31-16-22-7-4-6-21-5-2-3-8-23(21)22;1-20-9-11-21(12-10-20)18-32-15-13-26-25(19-32)27(31-33(26)16-14-29)28(34)30-17-23-7-4-6-22-5-2-3-8-24(22)23/h2-6,8-15H,7,16-22,34H2,1H3,(H,35,39);2-10,15,17,31,36H,11-14,16,18-19H2,1H3,(H,32,37);2-10,15H,11-14,16-18,30H2,1H3,(H,31,35);2-12H,13-19,29H2,1H3,(H,30,34). The van der Waals surface area contributed by atoms with Gasteiger partial charge in [0, 0.05) is 229 Å². The van der Waals surface area contributed by atoms with Gasteiger partial charge in [0.15, 0.2) is 22.8 Å². The lowest BCUT2D eigenvalue weighted by Crippen LogP contribution is -2.32. The third-order valence-corrected chi connectivity index (χ3v) is 29.1. The Balaban J connectivity index is 0.000000124. The van der Waals surface area contributed by atoms with E-state index < -0.39 is 0 Å². The van der Waals surface area contributed by atoms with E-state index in [0.717, 1.165) is 224 Å². The number of aliphatic hydroxyl groups excluding tert-OH is 1. The number of amides is 4. The zero-order valence-corrected chi connectivity index (χ0v) is 84.6. The normalized spacial score (nSPS) is 13.6. The quantitative estimate of drug-likeness (QED) is 0.0195. The molecule has 0 bridgehead atoms. The van der Waals surface area contributed by atoms with Crippen LogP contribution in [0.3, 0.4) is 0 Å². The van der Waals surface area contributed by atoms with Gasteiger partial charge >= 0.3 is 0 Å². The summed E-state index contributed by atoms with van der Waals surface area (Å²) in [4.78, 5) is 66.5. The molecule has 27 nitrogen and oxygen atoms in total. The Kier molecular flexibility index (Phi) is 32.2. The molecule has 22 rings (SSSR count). The molecule has 0 saturated carbocycles. The summed E-state index contributed by atoms with van der Waals surface area (Å²) in [6.07, 6.45) is 6.19. The molecule has 28 heteroatoms. The summed E-state index contributed by atoms with van der Waals surface area (Å²) in [6.45, 7) is 19.2. The molecule has 18 aromatic rings. The number of methoxy groups -OCH3 is 2. The SMILES string of the molecule is COc1ccc(CN2CCc3c(c(C(=O)NCc4cccc5ccccc45)nn3CCCN)C2)c2ccccc12.COc1ccc2c(CN3CCc4c(c(C(=O)NCc5cccc6ccccc56)nn4CCO)C3)c[nH]c2c1.Cc1ccc(CN2CCc3c(c(C(=O)NCc4cccc5ccccc45)nn3CCN)C2)cc1.Cc1ccc(CN2CCc3c(c(C(=O)NCc4cccc5ccccc45)nn3CCN)C2)cc1Cl. The van der Waals surface area contributed by atoms with Crippen molar-refractivity contribution >= 4 is 100.0 Å². The number of hydrogen-bond acceptors (Lipinski definition) is 18. The Hall–Kier alpha value is -15.0. The Morgan fingerprint density at radius 1 is 0.367 bits per heavy atom. The largest absolute Gasteiger partial charge is 0.497 e. The molecule has 4 aliphatic rings. The van der Waals surface area contributed by atoms with Crippen molar-refractivity contribution in [1.82, 2.24) is 85.0 Å². The minimum atomic E-state index is -0.188. The van der Waals surface area contributed by atoms with Crippen molar-refractivity contribution < 1.29 is 33.8 Å². The maximum Gasteiger partial charge on any atom is 0.272 e. The fourth-order valence-electron chi connectivity index (χ4n) is 21.1. The molecular weight excluding hydrogens is 1860 g/mol. The molecule has 0 radical (unpaired) electrons. The van der Waals surface area contributed by atoms with Gasteiger partial charge in [-0.05, 0) is 150 Å². The topological polar surface area (TPSA) is 333 Å². The molecule has 0 aliphatic carbocycles. The maximum absolute atomic E-state index is 13.6. The Bertz CT molecular complexity index is 7770. The van der Waals surface area contributed by atoms with Crippen LogP contribution in [-0.4, -0.2) is 159 Å². The minimum absolute atomic E-state index is 0.0201. The fourth-order valence-corrected chi connectivity index (χ4v) is 21.3. The van der Waals surface area contributed by atoms with E-state index in [9.17, 15) is 24.3 Å². The van der Waals surface area contributed by atoms with Gasteiger partial charge < -0.3 is 58.0 Å². The van der Waals surface area contributed by atoms with Crippen LogP contribution < -0.4 is 47.9 Å². The first-order chi connectivity index (χ1) is 71.9. The second kappa shape index (κ2) is 47.0. The molecule has 0 spiro atoms. The van der Waals surface area contributed by atoms with Crippen LogP contribution in [0.4, 0.5) is 0 Å². The smallest absolute Gasteiger partial charge is 0.272 e. The van der Waals surface area contributed by atoms with E-state index in [1.54, 1.807) is 18.9 Å². The van der Waals surface area contributed by atoms with Gasteiger partial charge in [-0.2, -0.15) is 20.4 Å². The van der Waals surface area contributed by atoms with Gasteiger partial charge in [-0.15, -0.1) is 0 Å². The number of halogens is 1. The molecule has 0 saturated heterocycles. The molecule has 0 unspecified atom stereocenters. The van der Waals surface area contributed by atoms with Crippen LogP contribution in [0.25, 0.3) is 64.8 Å². The van der Waals surface area contributed by atoms with E-state index in [4.69, 9.17) is 53.6 Å². The lowest BCUT2D eigenvalue weighted by atomic mass is 10.0. The molecule has 5 aromatic heterocycles. The van der Waals surface area contributed by atoms with E-state index in [2.05, 4.69) is 216 Å². The van der Waals surface area contributed by atoms with Crippen LogP contribution in [0.1, 0.15) is 149 Å². The van der Waals surface area contributed by atoms with Crippen molar-refractivity contribution in [3.63, 3.8) is 0 Å². The third-order valence-electron chi connectivity index (χ3n) is 28.7. The van der Waals surface area contributed by atoms with Crippen LogP contribution in [0.2, 0.25) is 5.02 Å². The number of aromatic amines is 1. The van der Waals surface area contributed by atoms with Gasteiger partial charge in [0.1, 0.15) is 11.5 Å². The highest BCUT2D eigenvalue weighted by Crippen LogP contribution is 2.36. The van der Waals surface area contributed by atoms with Crippen molar-refractivity contribution in [1.29, 1.82) is 0 Å². The Morgan fingerprint density at radius 3 is 1.14 bits per heavy atom. The first-order valence-electron chi connectivity index (χ1n) is 50.9. The number of benzene rings is 13. The van der Waals surface area contributed by atoms with E-state index >= 15 is 0 Å². The van der Waals surface area contributed by atoms with Crippen molar-refractivity contribution in [2.45, 2.75) is 151 Å². The predicted octanol–water partition coefficient (Wildman–Crippen LogP) is 17.3. The van der Waals surface area contributed by atoms with Gasteiger partial charge in [0.25, 0.3) is 23.6 Å². The monoisotopic (exact) mass is 1980 g/mol. The number of carbonyl (C=O) groups excluding carboxylic acids is 4. The number of nitrogens with two attached hydrogens (primary N) is 3. The van der Waals surface area contributed by atoms with Gasteiger partial charge in [-0.3, -0.25) is 57.5 Å². The highest BCUT2D eigenvalue weighted by molar-refractivity contribution is 6.31. The lowest BCUT2D eigenvalue weighted by Gasteiger charge is -2.28. The average molecular weight is 1980 g/mol. The number of carbonyl (C=O) groups is 4. The van der Waals surface area contributed by atoms with Gasteiger partial charge in [-0.25, -0.2) is 0 Å². The van der Waals surface area contributed by atoms with Gasteiger partial charge in [0.2, 0.25) is 0 Å². The first-order valence-corrected chi connectivity index (χ1v) is 51.3. The summed E-state index contributed by atoms with van der Waals surface area (Å²) < 4.78 is 18.6. The summed E-state index contributed by atoms with van der Waals surface area (Å²) in [5.41, 5.74) is 40.6. The molecule has 0 atom stereocenters. The zero-order chi connectivity index (χ0) is 101. The summed E-state index contributed by atoms with van der Waals surface area (Å²) in [7, 11) is 3.38. The number of aromatic nitrogens is 9. The van der Waals surface area contributed by atoms with Gasteiger partial charge in [-0.1, -0.05) is 254 Å². The minimum Gasteiger partial charge on any atom is -0.497 e. The molecule has 147 heavy (non-hydrogen) atoms. The number of nitrogens with one attached hydrogen (secondary N) is 5. The number of H-pyrrole nitrogens is 1. The number of fused-ring (bicyclic) bond motifs is 10. The molecule has 0 fully saturated rings.